The number of imidazole rings is 1. The van der Waals surface area contributed by atoms with Crippen molar-refractivity contribution >= 4 is 40.8 Å². The van der Waals surface area contributed by atoms with Crippen LogP contribution in [0.2, 0.25) is 0 Å². The van der Waals surface area contributed by atoms with Crippen molar-refractivity contribution in [3.05, 3.63) is 54.1 Å². The van der Waals surface area contributed by atoms with Gasteiger partial charge in [0.15, 0.2) is 6.10 Å². The number of hydrogen-bond donors (Lipinski definition) is 5. The maximum absolute atomic E-state index is 12.8. The zero-order valence-corrected chi connectivity index (χ0v) is 18.3. The molecule has 6 N–H and O–H groups in total. The van der Waals surface area contributed by atoms with Gasteiger partial charge in [0.05, 0.1) is 17.1 Å². The Balaban J connectivity index is 1.85. The molecule has 0 radical (unpaired) electrons. The number of anilines is 2. The number of carbonyl (C=O) groups excluding carboxylic acids is 2. The number of hydrogen-bond acceptors (Lipinski definition) is 7. The summed E-state index contributed by atoms with van der Waals surface area (Å²) in [7, 11) is 0. The Labute approximate surface area is 189 Å². The van der Waals surface area contributed by atoms with Crippen LogP contribution in [0.25, 0.3) is 11.0 Å². The topological polar surface area (TPSA) is 169 Å². The molecule has 3 aromatic rings. The number of aromatic nitrogens is 2. The molecule has 0 fully saturated rings. The first-order valence-corrected chi connectivity index (χ1v) is 10.0. The van der Waals surface area contributed by atoms with Crippen molar-refractivity contribution in [1.82, 2.24) is 14.9 Å². The number of carboxylic acid groups (broad SMARTS) is 1. The summed E-state index contributed by atoms with van der Waals surface area (Å²) in [6, 6.07) is 11.7. The van der Waals surface area contributed by atoms with Crippen molar-refractivity contribution < 1.29 is 29.3 Å². The number of alkyl carbamates (subject to hydrolysis) is 1. The fourth-order valence-electron chi connectivity index (χ4n) is 3.18. The number of aliphatic hydroxyl groups excluding tert-OH is 1. The molecule has 0 aliphatic rings. The van der Waals surface area contributed by atoms with Gasteiger partial charge < -0.3 is 31.3 Å². The Morgan fingerprint density at radius 1 is 1.12 bits per heavy atom. The van der Waals surface area contributed by atoms with E-state index in [2.05, 4.69) is 15.6 Å². The van der Waals surface area contributed by atoms with Gasteiger partial charge in [0.2, 0.25) is 5.95 Å². The molecule has 11 heteroatoms. The van der Waals surface area contributed by atoms with E-state index in [0.717, 1.165) is 4.57 Å². The second-order valence-corrected chi connectivity index (χ2v) is 8.26. The van der Waals surface area contributed by atoms with Crippen LogP contribution in [0.5, 0.6) is 0 Å². The number of nitrogens with zero attached hydrogens (tertiary/aromatic N) is 2. The number of nitrogen functional groups attached to an aromatic ring is 1. The third-order valence-electron chi connectivity index (χ3n) is 4.55. The lowest BCUT2D eigenvalue weighted by Gasteiger charge is -2.26. The van der Waals surface area contributed by atoms with Crippen molar-refractivity contribution in [3.8, 4) is 0 Å². The van der Waals surface area contributed by atoms with Crippen molar-refractivity contribution in [3.63, 3.8) is 0 Å². The molecule has 3 rings (SSSR count). The van der Waals surface area contributed by atoms with E-state index in [-0.39, 0.29) is 17.2 Å². The first-order valence-electron chi connectivity index (χ1n) is 10.0. The summed E-state index contributed by atoms with van der Waals surface area (Å²) in [4.78, 5) is 40.6. The highest BCUT2D eigenvalue weighted by molar-refractivity contribution is 5.98. The van der Waals surface area contributed by atoms with Crippen molar-refractivity contribution in [2.75, 3.05) is 11.1 Å². The summed E-state index contributed by atoms with van der Waals surface area (Å²) >= 11 is 0. The lowest BCUT2D eigenvalue weighted by atomic mass is 10.0. The van der Waals surface area contributed by atoms with Gasteiger partial charge in [-0.1, -0.05) is 30.3 Å². The lowest BCUT2D eigenvalue weighted by Crippen LogP contribution is -2.44. The number of nitrogens with one attached hydrogen (secondary N) is 2. The Kier molecular flexibility index (Phi) is 6.54. The Hall–Kier alpha value is -4.12. The summed E-state index contributed by atoms with van der Waals surface area (Å²) in [5.74, 6) is -1.04. The maximum atomic E-state index is 12.8. The summed E-state index contributed by atoms with van der Waals surface area (Å²) < 4.78 is 6.03. The molecule has 0 aliphatic carbocycles. The number of rotatable bonds is 5. The number of fused-ring (bicyclic) bond motifs is 1. The van der Waals surface area contributed by atoms with Crippen LogP contribution in [0, 0.1) is 0 Å². The highest BCUT2D eigenvalue weighted by atomic mass is 16.6. The average molecular weight is 455 g/mol. The monoisotopic (exact) mass is 455 g/mol. The van der Waals surface area contributed by atoms with Crippen LogP contribution in [-0.2, 0) is 9.53 Å². The highest BCUT2D eigenvalue weighted by Crippen LogP contribution is 2.24. The van der Waals surface area contributed by atoms with Gasteiger partial charge in [-0.25, -0.2) is 19.1 Å². The molecule has 11 nitrogen and oxygen atoms in total. The van der Waals surface area contributed by atoms with E-state index >= 15 is 0 Å². The summed E-state index contributed by atoms with van der Waals surface area (Å²) in [5, 5.41) is 25.2. The molecule has 174 valence electrons. The highest BCUT2D eigenvalue weighted by Gasteiger charge is 2.31. The van der Waals surface area contributed by atoms with Gasteiger partial charge in [0.1, 0.15) is 5.60 Å². The fraction of sp³-hybridized carbons (Fsp3) is 0.273. The van der Waals surface area contributed by atoms with Crippen LogP contribution in [0.15, 0.2) is 48.5 Å². The largest absolute Gasteiger partial charge is 0.464 e. The number of ether oxygens (including phenoxy) is 1. The van der Waals surface area contributed by atoms with Crippen LogP contribution in [0.4, 0.5) is 21.2 Å². The van der Waals surface area contributed by atoms with Crippen molar-refractivity contribution in [2.24, 2.45) is 0 Å². The van der Waals surface area contributed by atoms with Crippen LogP contribution >= 0.6 is 0 Å². The van der Waals surface area contributed by atoms with Crippen LogP contribution < -0.4 is 16.4 Å². The van der Waals surface area contributed by atoms with Gasteiger partial charge in [0, 0.05) is 5.69 Å². The van der Waals surface area contributed by atoms with E-state index in [0.29, 0.717) is 11.1 Å². The summed E-state index contributed by atoms with van der Waals surface area (Å²) in [6.07, 6.45) is -3.82. The molecule has 2 aromatic carbocycles. The molecule has 0 spiro atoms. The Morgan fingerprint density at radius 2 is 1.79 bits per heavy atom. The van der Waals surface area contributed by atoms with Gasteiger partial charge in [0.25, 0.3) is 5.91 Å². The van der Waals surface area contributed by atoms with E-state index in [9.17, 15) is 24.6 Å². The average Bonchev–Trinajstić information content (AvgIpc) is 3.06. The van der Waals surface area contributed by atoms with Gasteiger partial charge in [-0.2, -0.15) is 0 Å². The molecule has 0 aliphatic heterocycles. The molecule has 33 heavy (non-hydrogen) atoms. The minimum absolute atomic E-state index is 0.166. The maximum Gasteiger partial charge on any atom is 0.418 e. The molecular formula is C22H25N5O6. The third kappa shape index (κ3) is 5.57. The fourth-order valence-corrected chi connectivity index (χ4v) is 3.18. The molecular weight excluding hydrogens is 430 g/mol. The zero-order chi connectivity index (χ0) is 24.3. The molecule has 1 aromatic heterocycles. The number of aliphatic hydroxyl groups is 1. The van der Waals surface area contributed by atoms with Crippen molar-refractivity contribution in [2.45, 2.75) is 38.5 Å². The van der Waals surface area contributed by atoms with E-state index in [1.165, 1.54) is 18.2 Å². The van der Waals surface area contributed by atoms with E-state index in [1.807, 2.05) is 0 Å². The summed E-state index contributed by atoms with van der Waals surface area (Å²) in [6.45, 7) is 5.08. The summed E-state index contributed by atoms with van der Waals surface area (Å²) in [5.41, 5.74) is 6.04. The van der Waals surface area contributed by atoms with Gasteiger partial charge >= 0.3 is 12.2 Å². The molecule has 2 atom stereocenters. The second-order valence-electron chi connectivity index (χ2n) is 8.26. The molecule has 0 bridgehead atoms. The zero-order valence-electron chi connectivity index (χ0n) is 18.3. The Bertz CT molecular complexity index is 1190. The first kappa shape index (κ1) is 23.5. The minimum atomic E-state index is -1.69. The number of benzene rings is 2. The van der Waals surface area contributed by atoms with Gasteiger partial charge in [-0.05, 0) is 44.5 Å². The minimum Gasteiger partial charge on any atom is -0.464 e. The number of carbonyl (C=O) groups is 3. The van der Waals surface area contributed by atoms with E-state index < -0.39 is 35.8 Å². The third-order valence-corrected chi connectivity index (χ3v) is 4.55. The molecule has 1 heterocycles. The molecule has 0 saturated carbocycles. The predicted octanol–water partition coefficient (Wildman–Crippen LogP) is 2.71. The first-order chi connectivity index (χ1) is 15.5. The van der Waals surface area contributed by atoms with Gasteiger partial charge in [-0.15, -0.1) is 0 Å². The Morgan fingerprint density at radius 3 is 2.39 bits per heavy atom. The van der Waals surface area contributed by atoms with Gasteiger partial charge in [-0.3, -0.25) is 4.79 Å². The molecule has 0 saturated heterocycles. The second kappa shape index (κ2) is 9.17. The van der Waals surface area contributed by atoms with Crippen LogP contribution in [0.3, 0.4) is 0 Å². The molecule has 2 unspecified atom stereocenters. The predicted molar refractivity (Wildman–Crippen MR) is 121 cm³/mol. The molecule has 2 amide bonds. The number of nitrogens with two attached hydrogens (primary N) is 1. The number of amides is 2. The van der Waals surface area contributed by atoms with Crippen LogP contribution in [-0.4, -0.2) is 49.6 Å². The lowest BCUT2D eigenvalue weighted by molar-refractivity contribution is -0.125. The smallest absolute Gasteiger partial charge is 0.418 e. The normalized spacial score (nSPS) is 13.2. The van der Waals surface area contributed by atoms with Crippen molar-refractivity contribution in [1.29, 1.82) is 0 Å². The van der Waals surface area contributed by atoms with E-state index in [4.69, 9.17) is 10.5 Å². The van der Waals surface area contributed by atoms with Crippen LogP contribution in [0.1, 0.15) is 32.4 Å². The standard InChI is InChI=1S/C22H25N5O6/c1-22(2,3)33-20(30)26-16(12-7-5-4-6-8-12)17(28)18(29)24-13-9-10-14-15(11-13)27(21(31)32)19(23)25-14/h4-11,16-17,28H,1-3H3,(H2,23,25)(H,24,29)(H,26,30)(H,31,32). The van der Waals surface area contributed by atoms with E-state index in [1.54, 1.807) is 51.1 Å². The quantitative estimate of drug-likeness (QED) is 0.391. The SMILES string of the molecule is CC(C)(C)OC(=O)NC(c1ccccc1)C(O)C(=O)Nc1ccc2nc(N)n(C(=O)O)c2c1.